The van der Waals surface area contributed by atoms with Gasteiger partial charge in [0.25, 0.3) is 0 Å². The minimum absolute atomic E-state index is 0.824. The van der Waals surface area contributed by atoms with Gasteiger partial charge in [0.05, 0.1) is 11.4 Å². The molecule has 0 saturated heterocycles. The van der Waals surface area contributed by atoms with Crippen LogP contribution in [0.4, 0.5) is 11.4 Å². The van der Waals surface area contributed by atoms with Crippen molar-refractivity contribution in [2.45, 2.75) is 0 Å². The molecule has 0 heterocycles. The van der Waals surface area contributed by atoms with E-state index in [0.29, 0.717) is 0 Å². The maximum Gasteiger partial charge on any atom is 0.0936 e. The third kappa shape index (κ3) is 3.70. The second kappa shape index (κ2) is 6.99. The summed E-state index contributed by atoms with van der Waals surface area (Å²) in [7, 11) is 0. The SMILES string of the molecule is Brc1ccc(N=Nc2ccc(Br)cc2-c2ccccc2)cc1. The van der Waals surface area contributed by atoms with E-state index in [-0.39, 0.29) is 0 Å². The van der Waals surface area contributed by atoms with Gasteiger partial charge in [-0.3, -0.25) is 0 Å². The van der Waals surface area contributed by atoms with Crippen molar-refractivity contribution < 1.29 is 0 Å². The molecule has 0 saturated carbocycles. The molecule has 2 nitrogen and oxygen atoms in total. The van der Waals surface area contributed by atoms with E-state index < -0.39 is 0 Å². The maximum absolute atomic E-state index is 4.41. The van der Waals surface area contributed by atoms with Crippen molar-refractivity contribution in [3.05, 3.63) is 81.7 Å². The van der Waals surface area contributed by atoms with Gasteiger partial charge in [0, 0.05) is 14.5 Å². The first kappa shape index (κ1) is 15.1. The quantitative estimate of drug-likeness (QED) is 0.401. The fraction of sp³-hybridized carbons (Fsp3) is 0. The summed E-state index contributed by atoms with van der Waals surface area (Å²) >= 11 is 6.93. The van der Waals surface area contributed by atoms with Crippen LogP contribution in [-0.4, -0.2) is 0 Å². The van der Waals surface area contributed by atoms with Crippen LogP contribution in [0.3, 0.4) is 0 Å². The Morgan fingerprint density at radius 3 is 2.05 bits per heavy atom. The van der Waals surface area contributed by atoms with Gasteiger partial charge in [-0.25, -0.2) is 0 Å². The molecule has 0 N–H and O–H groups in total. The van der Waals surface area contributed by atoms with E-state index in [0.717, 1.165) is 31.4 Å². The molecule has 0 spiro atoms. The molecular weight excluding hydrogens is 404 g/mol. The van der Waals surface area contributed by atoms with Crippen molar-refractivity contribution in [3.63, 3.8) is 0 Å². The predicted octanol–water partition coefficient (Wildman–Crippen LogP) is 7.29. The van der Waals surface area contributed by atoms with E-state index in [1.165, 1.54) is 0 Å². The largest absolute Gasteiger partial charge is 0.151 e. The number of hydrogen-bond donors (Lipinski definition) is 0. The molecule has 0 fully saturated rings. The Kier molecular flexibility index (Phi) is 4.80. The van der Waals surface area contributed by atoms with Gasteiger partial charge in [0.2, 0.25) is 0 Å². The molecule has 4 heteroatoms. The predicted molar refractivity (Wildman–Crippen MR) is 97.9 cm³/mol. The second-order valence-electron chi connectivity index (χ2n) is 4.70. The lowest BCUT2D eigenvalue weighted by atomic mass is 10.0. The van der Waals surface area contributed by atoms with Gasteiger partial charge in [-0.05, 0) is 48.0 Å². The van der Waals surface area contributed by atoms with Gasteiger partial charge in [-0.15, -0.1) is 5.11 Å². The van der Waals surface area contributed by atoms with E-state index in [9.17, 15) is 0 Å². The number of benzene rings is 3. The molecule has 0 aliphatic rings. The smallest absolute Gasteiger partial charge is 0.0936 e. The van der Waals surface area contributed by atoms with E-state index in [1.807, 2.05) is 54.6 Å². The Morgan fingerprint density at radius 2 is 1.32 bits per heavy atom. The molecule has 3 aromatic carbocycles. The summed E-state index contributed by atoms with van der Waals surface area (Å²) in [5.41, 5.74) is 3.84. The number of hydrogen-bond acceptors (Lipinski definition) is 2. The average molecular weight is 416 g/mol. The van der Waals surface area contributed by atoms with Crippen molar-refractivity contribution in [1.82, 2.24) is 0 Å². The molecule has 0 unspecified atom stereocenters. The zero-order valence-electron chi connectivity index (χ0n) is 11.6. The first-order chi connectivity index (χ1) is 10.7. The van der Waals surface area contributed by atoms with Crippen LogP contribution in [0.2, 0.25) is 0 Å². The topological polar surface area (TPSA) is 24.7 Å². The van der Waals surface area contributed by atoms with Gasteiger partial charge in [-0.2, -0.15) is 5.11 Å². The Bertz CT molecular complexity index is 797. The molecule has 3 rings (SSSR count). The lowest BCUT2D eigenvalue weighted by Gasteiger charge is -2.06. The highest BCUT2D eigenvalue weighted by Gasteiger charge is 2.05. The van der Waals surface area contributed by atoms with Gasteiger partial charge >= 0.3 is 0 Å². The van der Waals surface area contributed by atoms with Gasteiger partial charge < -0.3 is 0 Å². The minimum Gasteiger partial charge on any atom is -0.151 e. The molecular formula is C18H12Br2N2. The van der Waals surface area contributed by atoms with Crippen LogP contribution in [0.5, 0.6) is 0 Å². The van der Waals surface area contributed by atoms with Crippen LogP contribution in [0, 0.1) is 0 Å². The fourth-order valence-electron chi connectivity index (χ4n) is 2.06. The fourth-order valence-corrected chi connectivity index (χ4v) is 2.69. The normalized spacial score (nSPS) is 11.0. The second-order valence-corrected chi connectivity index (χ2v) is 6.54. The van der Waals surface area contributed by atoms with Crippen LogP contribution in [0.15, 0.2) is 92.0 Å². The molecule has 22 heavy (non-hydrogen) atoms. The monoisotopic (exact) mass is 414 g/mol. The molecule has 0 aromatic heterocycles. The molecule has 0 aliphatic carbocycles. The van der Waals surface area contributed by atoms with Gasteiger partial charge in [-0.1, -0.05) is 62.2 Å². The van der Waals surface area contributed by atoms with Crippen molar-refractivity contribution in [2.75, 3.05) is 0 Å². The van der Waals surface area contributed by atoms with Crippen molar-refractivity contribution in [3.8, 4) is 11.1 Å². The summed E-state index contributed by atoms with van der Waals surface area (Å²) in [4.78, 5) is 0. The zero-order chi connectivity index (χ0) is 15.4. The van der Waals surface area contributed by atoms with E-state index in [4.69, 9.17) is 0 Å². The molecule has 0 atom stereocenters. The lowest BCUT2D eigenvalue weighted by Crippen LogP contribution is -1.79. The van der Waals surface area contributed by atoms with Gasteiger partial charge in [0.1, 0.15) is 0 Å². The Hall–Kier alpha value is -1.78. The summed E-state index contributed by atoms with van der Waals surface area (Å²) in [6.07, 6.45) is 0. The first-order valence-electron chi connectivity index (χ1n) is 6.75. The van der Waals surface area contributed by atoms with Crippen LogP contribution in [0.1, 0.15) is 0 Å². The highest BCUT2D eigenvalue weighted by atomic mass is 79.9. The molecule has 3 aromatic rings. The molecule has 0 amide bonds. The summed E-state index contributed by atoms with van der Waals surface area (Å²) in [6.45, 7) is 0. The maximum atomic E-state index is 4.41. The molecule has 0 bridgehead atoms. The van der Waals surface area contributed by atoms with Crippen molar-refractivity contribution in [2.24, 2.45) is 10.2 Å². The van der Waals surface area contributed by atoms with E-state index >= 15 is 0 Å². The number of azo groups is 1. The summed E-state index contributed by atoms with van der Waals surface area (Å²) in [5, 5.41) is 8.73. The number of nitrogens with zero attached hydrogens (tertiary/aromatic N) is 2. The Morgan fingerprint density at radius 1 is 0.636 bits per heavy atom. The van der Waals surface area contributed by atoms with E-state index in [1.54, 1.807) is 0 Å². The molecule has 108 valence electrons. The minimum atomic E-state index is 0.824. The highest BCUT2D eigenvalue weighted by molar-refractivity contribution is 9.10. The molecule has 0 radical (unpaired) electrons. The van der Waals surface area contributed by atoms with Crippen LogP contribution in [0.25, 0.3) is 11.1 Å². The Balaban J connectivity index is 1.99. The summed E-state index contributed by atoms with van der Waals surface area (Å²) in [5.74, 6) is 0. The zero-order valence-corrected chi connectivity index (χ0v) is 14.8. The van der Waals surface area contributed by atoms with Crippen molar-refractivity contribution >= 4 is 43.2 Å². The molecule has 0 aliphatic heterocycles. The first-order valence-corrected chi connectivity index (χ1v) is 8.33. The lowest BCUT2D eigenvalue weighted by molar-refractivity contribution is 1.23. The number of halogens is 2. The van der Waals surface area contributed by atoms with E-state index in [2.05, 4.69) is 60.3 Å². The standard InChI is InChI=1S/C18H12Br2N2/c19-14-6-9-16(10-7-14)21-22-18-11-8-15(20)12-17(18)13-4-2-1-3-5-13/h1-12H. The number of rotatable bonds is 3. The van der Waals surface area contributed by atoms with Gasteiger partial charge in [0.15, 0.2) is 0 Å². The van der Waals surface area contributed by atoms with Crippen molar-refractivity contribution in [1.29, 1.82) is 0 Å². The highest BCUT2D eigenvalue weighted by Crippen LogP contribution is 2.34. The third-order valence-corrected chi connectivity index (χ3v) is 4.17. The third-order valence-electron chi connectivity index (χ3n) is 3.14. The average Bonchev–Trinajstić information content (AvgIpc) is 2.56. The summed E-state index contributed by atoms with van der Waals surface area (Å²) in [6, 6.07) is 23.9. The summed E-state index contributed by atoms with van der Waals surface area (Å²) < 4.78 is 2.05. The van der Waals surface area contributed by atoms with Crippen LogP contribution < -0.4 is 0 Å². The Labute approximate surface area is 146 Å². The van der Waals surface area contributed by atoms with Crippen LogP contribution in [-0.2, 0) is 0 Å². The van der Waals surface area contributed by atoms with Crippen LogP contribution >= 0.6 is 31.9 Å².